The third kappa shape index (κ3) is 5.41. The van der Waals surface area contributed by atoms with Crippen molar-refractivity contribution in [2.24, 2.45) is 0 Å². The normalized spacial score (nSPS) is 14.4. The van der Waals surface area contributed by atoms with Gasteiger partial charge >= 0.3 is 0 Å². The topological polar surface area (TPSA) is 80.0 Å². The lowest BCUT2D eigenvalue weighted by Crippen LogP contribution is -2.49. The Balaban J connectivity index is 1.18. The Bertz CT molecular complexity index is 1390. The molecule has 9 heteroatoms. The number of rotatable bonds is 6. The van der Waals surface area contributed by atoms with Crippen molar-refractivity contribution in [3.05, 3.63) is 81.8 Å². The molecule has 1 aliphatic rings. The highest BCUT2D eigenvalue weighted by Gasteiger charge is 2.22. The highest BCUT2D eigenvalue weighted by Crippen LogP contribution is 2.24. The number of amides is 1. The molecule has 1 amide bonds. The van der Waals surface area contributed by atoms with E-state index in [1.165, 1.54) is 21.4 Å². The lowest BCUT2D eigenvalue weighted by Gasteiger charge is -2.34. The average molecular weight is 490 g/mol. The van der Waals surface area contributed by atoms with Gasteiger partial charge in [-0.15, -0.1) is 0 Å². The monoisotopic (exact) mass is 489 g/mol. The molecule has 0 N–H and O–H groups in total. The number of carbonyl (C=O) groups excluding carboxylic acids is 1. The molecule has 35 heavy (non-hydrogen) atoms. The summed E-state index contributed by atoms with van der Waals surface area (Å²) in [7, 11) is 0. The van der Waals surface area contributed by atoms with Crippen LogP contribution in [-0.4, -0.2) is 63.1 Å². The van der Waals surface area contributed by atoms with Crippen LogP contribution in [0.4, 0.5) is 0 Å². The number of hydrogen-bond acceptors (Lipinski definition) is 7. The van der Waals surface area contributed by atoms with Gasteiger partial charge in [0.25, 0.3) is 11.5 Å². The summed E-state index contributed by atoms with van der Waals surface area (Å²) in [5.41, 5.74) is 3.84. The molecule has 180 valence electrons. The van der Waals surface area contributed by atoms with E-state index in [0.29, 0.717) is 43.4 Å². The van der Waals surface area contributed by atoms with Gasteiger partial charge in [0.2, 0.25) is 4.96 Å². The summed E-state index contributed by atoms with van der Waals surface area (Å²) in [5, 5.41) is 5.23. The summed E-state index contributed by atoms with van der Waals surface area (Å²) < 4.78 is 7.00. The number of benzene rings is 2. The first-order valence-electron chi connectivity index (χ1n) is 11.6. The molecule has 0 saturated carbocycles. The number of aromatic nitrogens is 3. The highest BCUT2D eigenvalue weighted by atomic mass is 32.1. The fourth-order valence-corrected chi connectivity index (χ4v) is 4.93. The molecule has 1 aliphatic heterocycles. The zero-order valence-corrected chi connectivity index (χ0v) is 20.6. The number of aryl methyl sites for hydroxylation is 2. The molecule has 0 bridgehead atoms. The van der Waals surface area contributed by atoms with Crippen molar-refractivity contribution < 1.29 is 9.53 Å². The lowest BCUT2D eigenvalue weighted by molar-refractivity contribution is -0.135. The molecule has 0 spiro atoms. The highest BCUT2D eigenvalue weighted by molar-refractivity contribution is 7.19. The number of hydrogen-bond donors (Lipinski definition) is 0. The first-order chi connectivity index (χ1) is 16.9. The molecule has 3 heterocycles. The molecule has 0 aliphatic carbocycles. The van der Waals surface area contributed by atoms with Gasteiger partial charge in [0.05, 0.1) is 5.69 Å². The van der Waals surface area contributed by atoms with Crippen LogP contribution in [0.15, 0.2) is 59.4 Å². The van der Waals surface area contributed by atoms with Crippen molar-refractivity contribution in [3.63, 3.8) is 0 Å². The Hall–Kier alpha value is -3.56. The zero-order chi connectivity index (χ0) is 24.4. The number of piperazine rings is 1. The second kappa shape index (κ2) is 9.97. The van der Waals surface area contributed by atoms with E-state index in [9.17, 15) is 9.59 Å². The summed E-state index contributed by atoms with van der Waals surface area (Å²) in [4.78, 5) is 34.5. The standard InChI is InChI=1S/C26H27N5O3S/c1-18-3-7-20(8-4-18)25-28-31-23(32)15-21(27-26(31)35-25)16-29-11-13-30(14-12-29)24(33)17-34-22-9-5-19(2)6-10-22/h3-10,15H,11-14,16-17H2,1-2H3. The second-order valence-corrected chi connectivity index (χ2v) is 9.77. The number of ether oxygens (including phenoxy) is 1. The van der Waals surface area contributed by atoms with E-state index in [1.54, 1.807) is 6.07 Å². The molecule has 0 atom stereocenters. The predicted octanol–water partition coefficient (Wildman–Crippen LogP) is 3.16. The van der Waals surface area contributed by atoms with Crippen molar-refractivity contribution in [3.8, 4) is 16.3 Å². The van der Waals surface area contributed by atoms with Gasteiger partial charge in [0, 0.05) is 44.4 Å². The smallest absolute Gasteiger partial charge is 0.275 e. The van der Waals surface area contributed by atoms with Crippen LogP contribution in [0.3, 0.4) is 0 Å². The fraction of sp³-hybridized carbons (Fsp3) is 0.308. The van der Waals surface area contributed by atoms with Crippen LogP contribution in [-0.2, 0) is 11.3 Å². The van der Waals surface area contributed by atoms with E-state index in [0.717, 1.165) is 21.8 Å². The van der Waals surface area contributed by atoms with Gasteiger partial charge in [-0.2, -0.15) is 9.61 Å². The number of nitrogens with zero attached hydrogens (tertiary/aromatic N) is 5. The average Bonchev–Trinajstić information content (AvgIpc) is 3.29. The second-order valence-electron chi connectivity index (χ2n) is 8.81. The Labute approximate surface area is 207 Å². The summed E-state index contributed by atoms with van der Waals surface area (Å²) in [6.45, 7) is 7.32. The first kappa shape index (κ1) is 23.2. The van der Waals surface area contributed by atoms with Crippen LogP contribution in [0.1, 0.15) is 16.8 Å². The van der Waals surface area contributed by atoms with Crippen molar-refractivity contribution in [1.82, 2.24) is 24.4 Å². The van der Waals surface area contributed by atoms with Gasteiger partial charge in [-0.3, -0.25) is 14.5 Å². The quantitative estimate of drug-likeness (QED) is 0.414. The fourth-order valence-electron chi connectivity index (χ4n) is 4.01. The lowest BCUT2D eigenvalue weighted by atomic mass is 10.2. The molecule has 8 nitrogen and oxygen atoms in total. The van der Waals surface area contributed by atoms with Crippen molar-refractivity contribution in [1.29, 1.82) is 0 Å². The Morgan fingerprint density at radius 2 is 1.63 bits per heavy atom. The van der Waals surface area contributed by atoms with Gasteiger partial charge in [-0.05, 0) is 26.0 Å². The molecule has 2 aromatic carbocycles. The van der Waals surface area contributed by atoms with Gasteiger partial charge in [0.1, 0.15) is 10.8 Å². The molecular formula is C26H27N5O3S. The summed E-state index contributed by atoms with van der Waals surface area (Å²) in [5.74, 6) is 0.681. The largest absolute Gasteiger partial charge is 0.484 e. The first-order valence-corrected chi connectivity index (χ1v) is 12.4. The molecule has 2 aromatic heterocycles. The summed E-state index contributed by atoms with van der Waals surface area (Å²) >= 11 is 1.41. The van der Waals surface area contributed by atoms with E-state index in [2.05, 4.69) is 10.00 Å². The van der Waals surface area contributed by atoms with E-state index >= 15 is 0 Å². The third-order valence-corrected chi connectivity index (χ3v) is 7.05. The maximum atomic E-state index is 12.7. The van der Waals surface area contributed by atoms with E-state index < -0.39 is 0 Å². The predicted molar refractivity (Wildman–Crippen MR) is 136 cm³/mol. The SMILES string of the molecule is Cc1ccc(OCC(=O)N2CCN(Cc3cc(=O)n4nc(-c5ccc(C)cc5)sc4n3)CC2)cc1. The van der Waals surface area contributed by atoms with Crippen molar-refractivity contribution >= 4 is 22.2 Å². The van der Waals surface area contributed by atoms with Crippen LogP contribution in [0.25, 0.3) is 15.5 Å². The van der Waals surface area contributed by atoms with Crippen LogP contribution in [0.5, 0.6) is 5.75 Å². The molecule has 4 aromatic rings. The van der Waals surface area contributed by atoms with E-state index in [4.69, 9.17) is 9.72 Å². The van der Waals surface area contributed by atoms with Gasteiger partial charge in [-0.1, -0.05) is 58.9 Å². The Kier molecular flexibility index (Phi) is 6.61. The van der Waals surface area contributed by atoms with Crippen LogP contribution < -0.4 is 10.3 Å². The van der Waals surface area contributed by atoms with Crippen LogP contribution in [0.2, 0.25) is 0 Å². The number of fused-ring (bicyclic) bond motifs is 1. The van der Waals surface area contributed by atoms with Gasteiger partial charge in [0.15, 0.2) is 6.61 Å². The Morgan fingerprint density at radius 3 is 2.31 bits per heavy atom. The van der Waals surface area contributed by atoms with Gasteiger partial charge < -0.3 is 9.64 Å². The van der Waals surface area contributed by atoms with E-state index in [1.807, 2.05) is 67.3 Å². The zero-order valence-electron chi connectivity index (χ0n) is 19.8. The third-order valence-electron chi connectivity index (χ3n) is 6.09. The molecule has 0 unspecified atom stereocenters. The van der Waals surface area contributed by atoms with Crippen LogP contribution >= 0.6 is 11.3 Å². The minimum absolute atomic E-state index is 0.0173. The van der Waals surface area contributed by atoms with Crippen molar-refractivity contribution in [2.75, 3.05) is 32.8 Å². The summed E-state index contributed by atoms with van der Waals surface area (Å²) in [6, 6.07) is 17.3. The molecule has 1 saturated heterocycles. The van der Waals surface area contributed by atoms with Crippen LogP contribution in [0, 0.1) is 13.8 Å². The molecule has 0 radical (unpaired) electrons. The maximum Gasteiger partial charge on any atom is 0.275 e. The maximum absolute atomic E-state index is 12.7. The number of carbonyl (C=O) groups is 1. The molecule has 5 rings (SSSR count). The molecular weight excluding hydrogens is 462 g/mol. The van der Waals surface area contributed by atoms with Gasteiger partial charge in [-0.25, -0.2) is 4.98 Å². The minimum atomic E-state index is -0.179. The Morgan fingerprint density at radius 1 is 0.971 bits per heavy atom. The van der Waals surface area contributed by atoms with Crippen molar-refractivity contribution in [2.45, 2.75) is 20.4 Å². The molecule has 1 fully saturated rings. The summed E-state index contributed by atoms with van der Waals surface area (Å²) in [6.07, 6.45) is 0. The van der Waals surface area contributed by atoms with E-state index in [-0.39, 0.29) is 18.1 Å². The minimum Gasteiger partial charge on any atom is -0.484 e.